The number of amides is 1. The van der Waals surface area contributed by atoms with Crippen molar-refractivity contribution in [1.29, 1.82) is 0 Å². The monoisotopic (exact) mass is 358 g/mol. The minimum atomic E-state index is 0.0158. The van der Waals surface area contributed by atoms with Crippen LogP contribution in [0.5, 0.6) is 0 Å². The van der Waals surface area contributed by atoms with Gasteiger partial charge in [-0.3, -0.25) is 4.79 Å². The van der Waals surface area contributed by atoms with E-state index in [4.69, 9.17) is 23.2 Å². The SMILES string of the molecule is O=C1CS[C@H](c2ccc(Cl)cc2Cl)N1CCN1CCCCC1. The van der Waals surface area contributed by atoms with Crippen LogP contribution in [0.3, 0.4) is 0 Å². The number of likely N-dealkylation sites (tertiary alicyclic amines) is 1. The average molecular weight is 359 g/mol. The number of halogens is 2. The van der Waals surface area contributed by atoms with E-state index in [1.54, 1.807) is 17.8 Å². The van der Waals surface area contributed by atoms with Gasteiger partial charge in [0.1, 0.15) is 5.37 Å². The number of carbonyl (C=O) groups excluding carboxylic acids is 1. The molecule has 2 heterocycles. The van der Waals surface area contributed by atoms with Gasteiger partial charge in [0.25, 0.3) is 0 Å². The Labute approximate surface area is 145 Å². The fraction of sp³-hybridized carbons (Fsp3) is 0.562. The Morgan fingerprint density at radius 2 is 1.91 bits per heavy atom. The predicted octanol–water partition coefficient (Wildman–Crippen LogP) is 4.05. The van der Waals surface area contributed by atoms with E-state index in [-0.39, 0.29) is 11.3 Å². The first kappa shape index (κ1) is 16.4. The maximum atomic E-state index is 12.2. The molecule has 6 heteroatoms. The van der Waals surface area contributed by atoms with Gasteiger partial charge in [0.2, 0.25) is 5.91 Å². The third-order valence-electron chi connectivity index (χ3n) is 4.30. The molecule has 2 aliphatic rings. The molecule has 0 aromatic heterocycles. The lowest BCUT2D eigenvalue weighted by Gasteiger charge is -2.31. The molecule has 0 unspecified atom stereocenters. The van der Waals surface area contributed by atoms with Crippen molar-refractivity contribution in [3.05, 3.63) is 33.8 Å². The number of hydrogen-bond acceptors (Lipinski definition) is 3. The highest BCUT2D eigenvalue weighted by molar-refractivity contribution is 8.00. The number of rotatable bonds is 4. The average Bonchev–Trinajstić information content (AvgIpc) is 2.87. The summed E-state index contributed by atoms with van der Waals surface area (Å²) < 4.78 is 0. The predicted molar refractivity (Wildman–Crippen MR) is 93.7 cm³/mol. The summed E-state index contributed by atoms with van der Waals surface area (Å²) in [7, 11) is 0. The van der Waals surface area contributed by atoms with E-state index >= 15 is 0 Å². The fourth-order valence-electron chi connectivity index (χ4n) is 3.09. The Hall–Kier alpha value is -0.420. The van der Waals surface area contributed by atoms with Crippen molar-refractivity contribution in [3.63, 3.8) is 0 Å². The molecule has 0 bridgehead atoms. The standard InChI is InChI=1S/C16H20Cl2N2OS/c17-12-4-5-13(14(18)10-12)16-20(15(21)11-22-16)9-8-19-6-2-1-3-7-19/h4-5,10,16H,1-3,6-9,11H2/t16-/m1/s1. The van der Waals surface area contributed by atoms with Gasteiger partial charge in [-0.15, -0.1) is 11.8 Å². The molecule has 0 radical (unpaired) electrons. The smallest absolute Gasteiger partial charge is 0.233 e. The van der Waals surface area contributed by atoms with Gasteiger partial charge < -0.3 is 9.80 Å². The van der Waals surface area contributed by atoms with E-state index in [1.807, 2.05) is 17.0 Å². The summed E-state index contributed by atoms with van der Waals surface area (Å²) in [6, 6.07) is 5.54. The molecule has 0 saturated carbocycles. The van der Waals surface area contributed by atoms with Crippen molar-refractivity contribution < 1.29 is 4.79 Å². The Balaban J connectivity index is 1.68. The number of benzene rings is 1. The molecule has 1 aromatic rings. The van der Waals surface area contributed by atoms with Crippen LogP contribution in [0, 0.1) is 0 Å². The molecule has 0 N–H and O–H groups in total. The molecule has 1 amide bonds. The zero-order valence-electron chi connectivity index (χ0n) is 12.4. The minimum absolute atomic E-state index is 0.0158. The first-order valence-electron chi connectivity index (χ1n) is 7.73. The molecule has 0 aliphatic carbocycles. The second kappa shape index (κ2) is 7.43. The molecular weight excluding hydrogens is 339 g/mol. The van der Waals surface area contributed by atoms with Crippen molar-refractivity contribution in [3.8, 4) is 0 Å². The van der Waals surface area contributed by atoms with Crippen molar-refractivity contribution in [1.82, 2.24) is 9.80 Å². The molecule has 2 aliphatic heterocycles. The van der Waals surface area contributed by atoms with E-state index in [2.05, 4.69) is 4.90 Å². The summed E-state index contributed by atoms with van der Waals surface area (Å²) in [6.45, 7) is 4.03. The molecule has 3 rings (SSSR count). The summed E-state index contributed by atoms with van der Waals surface area (Å²) >= 11 is 13.9. The molecular formula is C16H20Cl2N2OS. The summed E-state index contributed by atoms with van der Waals surface area (Å²) in [5.74, 6) is 0.738. The summed E-state index contributed by atoms with van der Waals surface area (Å²) in [5.41, 5.74) is 0.987. The lowest BCUT2D eigenvalue weighted by Crippen LogP contribution is -2.39. The first-order valence-corrected chi connectivity index (χ1v) is 9.54. The number of thioether (sulfide) groups is 1. The second-order valence-corrected chi connectivity index (χ2v) is 7.73. The quantitative estimate of drug-likeness (QED) is 0.810. The second-order valence-electron chi connectivity index (χ2n) is 5.82. The van der Waals surface area contributed by atoms with Crippen LogP contribution >= 0.6 is 35.0 Å². The van der Waals surface area contributed by atoms with Gasteiger partial charge >= 0.3 is 0 Å². The zero-order valence-corrected chi connectivity index (χ0v) is 14.8. The lowest BCUT2D eigenvalue weighted by atomic mass is 10.1. The molecule has 22 heavy (non-hydrogen) atoms. The van der Waals surface area contributed by atoms with Crippen LogP contribution in [0.2, 0.25) is 10.0 Å². The Morgan fingerprint density at radius 3 is 2.64 bits per heavy atom. The van der Waals surface area contributed by atoms with Gasteiger partial charge in [-0.05, 0) is 38.1 Å². The van der Waals surface area contributed by atoms with Gasteiger partial charge in [0, 0.05) is 28.7 Å². The molecule has 1 aromatic carbocycles. The van der Waals surface area contributed by atoms with Gasteiger partial charge in [-0.25, -0.2) is 0 Å². The van der Waals surface area contributed by atoms with E-state index in [0.29, 0.717) is 15.8 Å². The van der Waals surface area contributed by atoms with E-state index in [9.17, 15) is 4.79 Å². The fourth-order valence-corrected chi connectivity index (χ4v) is 4.92. The zero-order chi connectivity index (χ0) is 15.5. The van der Waals surface area contributed by atoms with E-state index in [0.717, 1.165) is 31.7 Å². The summed E-state index contributed by atoms with van der Waals surface area (Å²) in [4.78, 5) is 16.7. The van der Waals surface area contributed by atoms with E-state index in [1.165, 1.54) is 19.3 Å². The Kier molecular flexibility index (Phi) is 5.55. The molecule has 0 spiro atoms. The summed E-state index contributed by atoms with van der Waals surface area (Å²) in [6.07, 6.45) is 3.88. The molecule has 1 atom stereocenters. The van der Waals surface area contributed by atoms with Gasteiger partial charge in [0.05, 0.1) is 5.75 Å². The molecule has 3 nitrogen and oxygen atoms in total. The topological polar surface area (TPSA) is 23.6 Å². The van der Waals surface area contributed by atoms with Crippen LogP contribution in [0.1, 0.15) is 30.2 Å². The largest absolute Gasteiger partial charge is 0.324 e. The molecule has 120 valence electrons. The highest BCUT2D eigenvalue weighted by Gasteiger charge is 2.34. The summed E-state index contributed by atoms with van der Waals surface area (Å²) in [5, 5.41) is 1.28. The van der Waals surface area contributed by atoms with Crippen molar-refractivity contribution in [2.75, 3.05) is 31.9 Å². The van der Waals surface area contributed by atoms with Crippen LogP contribution in [-0.2, 0) is 4.79 Å². The van der Waals surface area contributed by atoms with Crippen LogP contribution in [0.25, 0.3) is 0 Å². The first-order chi connectivity index (χ1) is 10.6. The molecule has 2 fully saturated rings. The number of nitrogens with zero attached hydrogens (tertiary/aromatic N) is 2. The third kappa shape index (κ3) is 3.73. The van der Waals surface area contributed by atoms with Crippen LogP contribution in [0.4, 0.5) is 0 Å². The van der Waals surface area contributed by atoms with E-state index < -0.39 is 0 Å². The maximum absolute atomic E-state index is 12.2. The molecule has 2 saturated heterocycles. The number of carbonyl (C=O) groups is 1. The van der Waals surface area contributed by atoms with Crippen molar-refractivity contribution in [2.45, 2.75) is 24.6 Å². The normalized spacial score (nSPS) is 23.3. The highest BCUT2D eigenvalue weighted by Crippen LogP contribution is 2.41. The Morgan fingerprint density at radius 1 is 1.14 bits per heavy atom. The van der Waals surface area contributed by atoms with Gasteiger partial charge in [0.15, 0.2) is 0 Å². The highest BCUT2D eigenvalue weighted by atomic mass is 35.5. The van der Waals surface area contributed by atoms with Crippen LogP contribution in [0.15, 0.2) is 18.2 Å². The van der Waals surface area contributed by atoms with Crippen molar-refractivity contribution >= 4 is 40.9 Å². The van der Waals surface area contributed by atoms with Crippen molar-refractivity contribution in [2.24, 2.45) is 0 Å². The van der Waals surface area contributed by atoms with Gasteiger partial charge in [-0.1, -0.05) is 35.7 Å². The number of hydrogen-bond donors (Lipinski definition) is 0. The maximum Gasteiger partial charge on any atom is 0.233 e. The minimum Gasteiger partial charge on any atom is -0.324 e. The third-order valence-corrected chi connectivity index (χ3v) is 6.10. The number of piperidine rings is 1. The Bertz CT molecular complexity index is 549. The van der Waals surface area contributed by atoms with Crippen LogP contribution in [-0.4, -0.2) is 47.6 Å². The van der Waals surface area contributed by atoms with Crippen LogP contribution < -0.4 is 0 Å². The lowest BCUT2D eigenvalue weighted by molar-refractivity contribution is -0.128. The van der Waals surface area contributed by atoms with Gasteiger partial charge in [-0.2, -0.15) is 0 Å².